The van der Waals surface area contributed by atoms with Gasteiger partial charge in [0, 0.05) is 38.6 Å². The fraction of sp³-hybridized carbons (Fsp3) is 0.600. The Labute approximate surface area is 129 Å². The number of anilines is 1. The van der Waals surface area contributed by atoms with Gasteiger partial charge < -0.3 is 15.5 Å². The van der Waals surface area contributed by atoms with Crippen molar-refractivity contribution in [2.24, 2.45) is 17.6 Å². The van der Waals surface area contributed by atoms with E-state index in [-0.39, 0.29) is 23.7 Å². The highest BCUT2D eigenvalue weighted by Crippen LogP contribution is 2.24. The second-order valence-corrected chi connectivity index (χ2v) is 6.01. The van der Waals surface area contributed by atoms with Gasteiger partial charge in [0.25, 0.3) is 0 Å². The number of likely N-dealkylation sites (tertiary alicyclic amines) is 1. The molecule has 2 aliphatic heterocycles. The van der Waals surface area contributed by atoms with Crippen molar-refractivity contribution in [3.8, 4) is 0 Å². The fourth-order valence-corrected chi connectivity index (χ4v) is 3.27. The number of amides is 2. The van der Waals surface area contributed by atoms with Gasteiger partial charge in [0.05, 0.1) is 11.8 Å². The molecule has 3 rings (SSSR count). The average Bonchev–Trinajstić information content (AvgIpc) is 3.05. The molecule has 0 aromatic carbocycles. The fourth-order valence-electron chi connectivity index (χ4n) is 3.27. The van der Waals surface area contributed by atoms with Gasteiger partial charge in [-0.25, -0.2) is 9.97 Å². The molecule has 0 saturated carbocycles. The summed E-state index contributed by atoms with van der Waals surface area (Å²) in [5.41, 5.74) is 5.33. The number of carbonyl (C=O) groups excluding carboxylic acids is 2. The third-order valence-corrected chi connectivity index (χ3v) is 4.51. The van der Waals surface area contributed by atoms with Gasteiger partial charge >= 0.3 is 0 Å². The first-order chi connectivity index (χ1) is 10.6. The van der Waals surface area contributed by atoms with Crippen LogP contribution in [0.15, 0.2) is 18.5 Å². The topological polar surface area (TPSA) is 92.4 Å². The summed E-state index contributed by atoms with van der Waals surface area (Å²) in [6.07, 6.45) is 5.93. The number of piperidine rings is 1. The molecule has 2 saturated heterocycles. The van der Waals surface area contributed by atoms with E-state index in [1.54, 1.807) is 23.4 Å². The van der Waals surface area contributed by atoms with Crippen LogP contribution < -0.4 is 10.6 Å². The number of aromatic nitrogens is 2. The molecule has 0 radical (unpaired) electrons. The number of nitrogens with zero attached hydrogens (tertiary/aromatic N) is 4. The second kappa shape index (κ2) is 6.29. The minimum absolute atomic E-state index is 0.0517. The van der Waals surface area contributed by atoms with Gasteiger partial charge in [-0.05, 0) is 25.3 Å². The molecular weight excluding hydrogens is 282 g/mol. The molecule has 2 atom stereocenters. The highest BCUT2D eigenvalue weighted by molar-refractivity contribution is 5.82. The van der Waals surface area contributed by atoms with E-state index in [9.17, 15) is 9.59 Å². The maximum absolute atomic E-state index is 12.7. The molecule has 1 aromatic heterocycles. The maximum Gasteiger partial charge on any atom is 0.227 e. The molecule has 2 N–H and O–H groups in total. The molecule has 0 bridgehead atoms. The molecule has 7 heteroatoms. The molecular formula is C15H21N5O2. The number of nitrogens with two attached hydrogens (primary N) is 1. The monoisotopic (exact) mass is 303 g/mol. The number of rotatable bonds is 3. The summed E-state index contributed by atoms with van der Waals surface area (Å²) in [5, 5.41) is 0. The van der Waals surface area contributed by atoms with E-state index in [1.165, 1.54) is 0 Å². The molecule has 0 unspecified atom stereocenters. The van der Waals surface area contributed by atoms with E-state index >= 15 is 0 Å². The Morgan fingerprint density at radius 3 is 2.55 bits per heavy atom. The van der Waals surface area contributed by atoms with Crippen molar-refractivity contribution in [1.29, 1.82) is 0 Å². The normalized spacial score (nSPS) is 25.3. The summed E-state index contributed by atoms with van der Waals surface area (Å²) in [5.74, 6) is 0.254. The molecule has 118 valence electrons. The Hall–Kier alpha value is -2.18. The van der Waals surface area contributed by atoms with Crippen LogP contribution in [0, 0.1) is 11.8 Å². The van der Waals surface area contributed by atoms with Gasteiger partial charge in [-0.1, -0.05) is 0 Å². The number of carbonyl (C=O) groups is 2. The lowest BCUT2D eigenvalue weighted by Gasteiger charge is -2.33. The predicted octanol–water partition coefficient (Wildman–Crippen LogP) is 0.0268. The van der Waals surface area contributed by atoms with E-state index in [0.717, 1.165) is 19.4 Å². The van der Waals surface area contributed by atoms with E-state index < -0.39 is 0 Å². The van der Waals surface area contributed by atoms with E-state index in [1.807, 2.05) is 0 Å². The van der Waals surface area contributed by atoms with Crippen LogP contribution in [-0.2, 0) is 9.59 Å². The van der Waals surface area contributed by atoms with Gasteiger partial charge in [0.15, 0.2) is 0 Å². The number of hydrogen-bond acceptors (Lipinski definition) is 5. The second-order valence-electron chi connectivity index (χ2n) is 6.01. The van der Waals surface area contributed by atoms with Crippen LogP contribution in [-0.4, -0.2) is 52.9 Å². The van der Waals surface area contributed by atoms with Gasteiger partial charge in [-0.3, -0.25) is 9.59 Å². The Balaban J connectivity index is 1.62. The molecule has 2 fully saturated rings. The van der Waals surface area contributed by atoms with Crippen LogP contribution in [0.5, 0.6) is 0 Å². The van der Waals surface area contributed by atoms with Crippen molar-refractivity contribution >= 4 is 17.8 Å². The summed E-state index contributed by atoms with van der Waals surface area (Å²) < 4.78 is 0. The highest BCUT2D eigenvalue weighted by atomic mass is 16.2. The zero-order valence-corrected chi connectivity index (χ0v) is 12.5. The van der Waals surface area contributed by atoms with Gasteiger partial charge in [-0.2, -0.15) is 0 Å². The Morgan fingerprint density at radius 1 is 1.09 bits per heavy atom. The van der Waals surface area contributed by atoms with Crippen LogP contribution in [0.1, 0.15) is 19.3 Å². The first-order valence-corrected chi connectivity index (χ1v) is 7.75. The maximum atomic E-state index is 12.7. The van der Waals surface area contributed by atoms with Crippen molar-refractivity contribution < 1.29 is 9.59 Å². The van der Waals surface area contributed by atoms with Crippen LogP contribution in [0.25, 0.3) is 0 Å². The van der Waals surface area contributed by atoms with Crippen LogP contribution in [0.2, 0.25) is 0 Å². The lowest BCUT2D eigenvalue weighted by Crippen LogP contribution is -2.45. The van der Waals surface area contributed by atoms with Crippen molar-refractivity contribution in [3.63, 3.8) is 0 Å². The molecule has 2 aliphatic rings. The highest BCUT2D eigenvalue weighted by Gasteiger charge is 2.35. The van der Waals surface area contributed by atoms with Crippen LogP contribution in [0.3, 0.4) is 0 Å². The quantitative estimate of drug-likeness (QED) is 0.850. The average molecular weight is 303 g/mol. The summed E-state index contributed by atoms with van der Waals surface area (Å²) in [6, 6.07) is 1.78. The Kier molecular flexibility index (Phi) is 4.22. The first kappa shape index (κ1) is 14.7. The van der Waals surface area contributed by atoms with Crippen molar-refractivity contribution in [1.82, 2.24) is 14.9 Å². The summed E-state index contributed by atoms with van der Waals surface area (Å²) in [6.45, 7) is 2.61. The summed E-state index contributed by atoms with van der Waals surface area (Å²) in [7, 11) is 0. The Morgan fingerprint density at radius 2 is 1.86 bits per heavy atom. The van der Waals surface area contributed by atoms with Gasteiger partial charge in [0.2, 0.25) is 17.8 Å². The third-order valence-electron chi connectivity index (χ3n) is 4.51. The zero-order valence-electron chi connectivity index (χ0n) is 12.5. The van der Waals surface area contributed by atoms with E-state index in [4.69, 9.17) is 5.73 Å². The predicted molar refractivity (Wildman–Crippen MR) is 80.9 cm³/mol. The molecule has 1 aromatic rings. The molecule has 3 heterocycles. The third kappa shape index (κ3) is 3.03. The van der Waals surface area contributed by atoms with Crippen LogP contribution >= 0.6 is 0 Å². The largest absolute Gasteiger partial charge is 0.369 e. The molecule has 7 nitrogen and oxygen atoms in total. The van der Waals surface area contributed by atoms with Crippen molar-refractivity contribution in [3.05, 3.63) is 18.5 Å². The standard InChI is InChI=1S/C15H21N5O2/c16-13(21)11-4-8-19(9-11)14(22)12-3-1-7-20(10-12)15-17-5-2-6-18-15/h2,5-6,11-12H,1,3-4,7-10H2,(H2,16,21)/t11-,12+/m0/s1. The molecule has 22 heavy (non-hydrogen) atoms. The zero-order chi connectivity index (χ0) is 15.5. The van der Waals surface area contributed by atoms with Gasteiger partial charge in [0.1, 0.15) is 0 Å². The van der Waals surface area contributed by atoms with Crippen molar-refractivity contribution in [2.45, 2.75) is 19.3 Å². The minimum atomic E-state index is -0.307. The summed E-state index contributed by atoms with van der Waals surface area (Å²) >= 11 is 0. The lowest BCUT2D eigenvalue weighted by atomic mass is 9.97. The smallest absolute Gasteiger partial charge is 0.227 e. The summed E-state index contributed by atoms with van der Waals surface area (Å²) in [4.78, 5) is 36.3. The minimum Gasteiger partial charge on any atom is -0.369 e. The Bertz CT molecular complexity index is 550. The van der Waals surface area contributed by atoms with Crippen LogP contribution in [0.4, 0.5) is 5.95 Å². The van der Waals surface area contributed by atoms with E-state index in [0.29, 0.717) is 32.0 Å². The number of hydrogen-bond donors (Lipinski definition) is 1. The van der Waals surface area contributed by atoms with E-state index in [2.05, 4.69) is 14.9 Å². The number of primary amides is 1. The lowest BCUT2D eigenvalue weighted by molar-refractivity contribution is -0.135. The van der Waals surface area contributed by atoms with Gasteiger partial charge in [-0.15, -0.1) is 0 Å². The first-order valence-electron chi connectivity index (χ1n) is 7.75. The van der Waals surface area contributed by atoms with Crippen molar-refractivity contribution in [2.75, 3.05) is 31.1 Å². The molecule has 2 amide bonds. The SMILES string of the molecule is NC(=O)[C@H]1CCN(C(=O)[C@@H]2CCCN(c3ncccn3)C2)C1. The molecule has 0 aliphatic carbocycles. The molecule has 0 spiro atoms.